The van der Waals surface area contributed by atoms with Crippen LogP contribution in [0.3, 0.4) is 0 Å². The molecule has 3 aromatic rings. The Balaban J connectivity index is 1.38. The third-order valence-electron chi connectivity index (χ3n) is 5.89. The van der Waals surface area contributed by atoms with E-state index in [4.69, 9.17) is 18.9 Å². The Morgan fingerprint density at radius 1 is 1.17 bits per heavy atom. The second kappa shape index (κ2) is 11.5. The van der Waals surface area contributed by atoms with Gasteiger partial charge in [-0.25, -0.2) is 9.37 Å². The smallest absolute Gasteiger partial charge is 0.161 e. The highest BCUT2D eigenvalue weighted by molar-refractivity contribution is 5.43. The largest absolute Gasteiger partial charge is 0.493 e. The minimum atomic E-state index is -1.22. The Hall–Kier alpha value is -3.14. The van der Waals surface area contributed by atoms with Gasteiger partial charge in [-0.05, 0) is 36.8 Å². The first-order chi connectivity index (χ1) is 16.9. The van der Waals surface area contributed by atoms with E-state index in [-0.39, 0.29) is 19.0 Å². The summed E-state index contributed by atoms with van der Waals surface area (Å²) >= 11 is 0. The lowest BCUT2D eigenvalue weighted by Crippen LogP contribution is -2.48. The third kappa shape index (κ3) is 6.94. The van der Waals surface area contributed by atoms with Crippen LogP contribution < -0.4 is 14.2 Å². The summed E-state index contributed by atoms with van der Waals surface area (Å²) in [5, 5.41) is 11.2. The van der Waals surface area contributed by atoms with Crippen molar-refractivity contribution in [2.75, 3.05) is 46.6 Å². The van der Waals surface area contributed by atoms with Crippen LogP contribution in [-0.4, -0.2) is 71.8 Å². The molecule has 0 saturated carbocycles. The van der Waals surface area contributed by atoms with Gasteiger partial charge in [0.05, 0.1) is 26.9 Å². The van der Waals surface area contributed by atoms with E-state index in [1.165, 1.54) is 12.1 Å². The number of aliphatic hydroxyl groups is 1. The second-order valence-corrected chi connectivity index (χ2v) is 8.74. The summed E-state index contributed by atoms with van der Waals surface area (Å²) in [5.41, 5.74) is -0.202. The molecule has 0 spiro atoms. The molecule has 188 valence electrons. The highest BCUT2D eigenvalue weighted by atomic mass is 19.1. The predicted molar refractivity (Wildman–Crippen MR) is 128 cm³/mol. The number of β-amino-alcohol motifs (C(OH)–C–C–N with tert-alkyl or cyclic N) is 1. The van der Waals surface area contributed by atoms with Crippen molar-refractivity contribution in [3.05, 3.63) is 72.1 Å². The van der Waals surface area contributed by atoms with E-state index in [1.807, 2.05) is 35.9 Å². The summed E-state index contributed by atoms with van der Waals surface area (Å²) in [4.78, 5) is 6.34. The molecule has 1 aliphatic heterocycles. The molecule has 2 aromatic carbocycles. The highest BCUT2D eigenvalue weighted by Gasteiger charge is 2.33. The molecule has 35 heavy (non-hydrogen) atoms. The first-order valence-corrected chi connectivity index (χ1v) is 11.6. The zero-order valence-electron chi connectivity index (χ0n) is 20.2. The molecule has 0 unspecified atom stereocenters. The van der Waals surface area contributed by atoms with Crippen molar-refractivity contribution in [1.29, 1.82) is 0 Å². The second-order valence-electron chi connectivity index (χ2n) is 8.74. The van der Waals surface area contributed by atoms with E-state index in [9.17, 15) is 9.50 Å². The van der Waals surface area contributed by atoms with Gasteiger partial charge < -0.3 is 28.6 Å². The Labute approximate surface area is 204 Å². The zero-order chi connectivity index (χ0) is 24.7. The van der Waals surface area contributed by atoms with Crippen molar-refractivity contribution < 1.29 is 28.4 Å². The fourth-order valence-corrected chi connectivity index (χ4v) is 4.08. The minimum Gasteiger partial charge on any atom is -0.493 e. The molecule has 8 nitrogen and oxygen atoms in total. The monoisotopic (exact) mass is 485 g/mol. The third-order valence-corrected chi connectivity index (χ3v) is 5.89. The number of aromatic nitrogens is 2. The predicted octanol–water partition coefficient (Wildman–Crippen LogP) is 3.06. The van der Waals surface area contributed by atoms with E-state index in [0.717, 1.165) is 11.4 Å². The lowest BCUT2D eigenvalue weighted by Gasteiger charge is -2.30. The van der Waals surface area contributed by atoms with Gasteiger partial charge in [-0.15, -0.1) is 0 Å². The van der Waals surface area contributed by atoms with Crippen molar-refractivity contribution in [2.24, 2.45) is 0 Å². The molecule has 1 aromatic heterocycles. The molecule has 0 aliphatic carbocycles. The molecule has 1 aliphatic rings. The van der Waals surface area contributed by atoms with E-state index in [0.29, 0.717) is 56.6 Å². The van der Waals surface area contributed by atoms with E-state index in [2.05, 4.69) is 9.88 Å². The number of aryl methyl sites for hydroxylation is 1. The van der Waals surface area contributed by atoms with Crippen molar-refractivity contribution in [1.82, 2.24) is 14.5 Å². The van der Waals surface area contributed by atoms with Crippen LogP contribution in [-0.2, 0) is 17.8 Å². The summed E-state index contributed by atoms with van der Waals surface area (Å²) in [5.74, 6) is 2.25. The fourth-order valence-electron chi connectivity index (χ4n) is 4.08. The van der Waals surface area contributed by atoms with Gasteiger partial charge in [0, 0.05) is 38.1 Å². The quantitative estimate of drug-likeness (QED) is 0.473. The van der Waals surface area contributed by atoms with Gasteiger partial charge in [-0.2, -0.15) is 0 Å². The summed E-state index contributed by atoms with van der Waals surface area (Å²) in [7, 11) is 1.62. The molecule has 0 bridgehead atoms. The number of benzene rings is 2. The van der Waals surface area contributed by atoms with E-state index >= 15 is 0 Å². The van der Waals surface area contributed by atoms with Crippen LogP contribution in [0.2, 0.25) is 0 Å². The molecule has 1 N–H and O–H groups in total. The normalized spacial score (nSPS) is 18.7. The summed E-state index contributed by atoms with van der Waals surface area (Å²) in [6, 6.07) is 11.7. The first-order valence-electron chi connectivity index (χ1n) is 11.6. The van der Waals surface area contributed by atoms with E-state index < -0.39 is 5.60 Å². The van der Waals surface area contributed by atoms with Crippen LogP contribution in [0.15, 0.2) is 54.9 Å². The molecule has 0 amide bonds. The molecular formula is C26H32FN3O5. The zero-order valence-corrected chi connectivity index (χ0v) is 20.2. The van der Waals surface area contributed by atoms with Gasteiger partial charge in [-0.1, -0.05) is 12.1 Å². The maximum Gasteiger partial charge on any atom is 0.161 e. The van der Waals surface area contributed by atoms with Crippen molar-refractivity contribution in [2.45, 2.75) is 25.6 Å². The fraction of sp³-hybridized carbons (Fsp3) is 0.423. The first kappa shape index (κ1) is 25.0. The van der Waals surface area contributed by atoms with Gasteiger partial charge in [0.25, 0.3) is 0 Å². The maximum absolute atomic E-state index is 13.5. The summed E-state index contributed by atoms with van der Waals surface area (Å²) < 4.78 is 38.3. The summed E-state index contributed by atoms with van der Waals surface area (Å²) in [6.45, 7) is 5.35. The minimum absolute atomic E-state index is 0.00239. The molecule has 4 rings (SSSR count). The number of imidazole rings is 1. The van der Waals surface area contributed by atoms with Crippen molar-refractivity contribution in [3.63, 3.8) is 0 Å². The number of hydrogen-bond acceptors (Lipinski definition) is 7. The Morgan fingerprint density at radius 2 is 2.06 bits per heavy atom. The number of nitrogens with zero attached hydrogens (tertiary/aromatic N) is 3. The molecular weight excluding hydrogens is 453 g/mol. The molecule has 9 heteroatoms. The number of hydrogen-bond donors (Lipinski definition) is 1. The standard InChI is InChI=1S/C26H32FN3O5/c1-20-28-8-9-30(20)11-13-34-25-14-21(6-7-24(25)32-2)16-29-10-12-33-18-26(31,17-29)19-35-23-5-3-4-22(27)15-23/h3-9,14-15,31H,10-13,16-19H2,1-2H3/t26-/m0/s1. The van der Waals surface area contributed by atoms with Crippen molar-refractivity contribution >= 4 is 0 Å². The molecule has 1 saturated heterocycles. The van der Waals surface area contributed by atoms with Gasteiger partial charge in [0.1, 0.15) is 36.2 Å². The SMILES string of the molecule is COc1ccc(CN2CCOC[C@](O)(COc3cccc(F)c3)C2)cc1OCCn1ccnc1C. The van der Waals surface area contributed by atoms with E-state index in [1.54, 1.807) is 25.4 Å². The average molecular weight is 486 g/mol. The molecule has 1 atom stereocenters. The Morgan fingerprint density at radius 3 is 2.83 bits per heavy atom. The van der Waals surface area contributed by atoms with Crippen LogP contribution in [0, 0.1) is 12.7 Å². The Kier molecular flexibility index (Phi) is 8.22. The topological polar surface area (TPSA) is 78.2 Å². The molecule has 2 heterocycles. The van der Waals surface area contributed by atoms with Crippen LogP contribution >= 0.6 is 0 Å². The number of rotatable bonds is 10. The lowest BCUT2D eigenvalue weighted by molar-refractivity contribution is -0.0647. The van der Waals surface area contributed by atoms with Crippen molar-refractivity contribution in [3.8, 4) is 17.2 Å². The number of halogens is 1. The number of ether oxygens (including phenoxy) is 4. The van der Waals surface area contributed by atoms with Crippen LogP contribution in [0.4, 0.5) is 4.39 Å². The van der Waals surface area contributed by atoms with Crippen LogP contribution in [0.25, 0.3) is 0 Å². The molecule has 0 radical (unpaired) electrons. The average Bonchev–Trinajstić information content (AvgIpc) is 3.15. The Bertz CT molecular complexity index is 1110. The van der Waals surface area contributed by atoms with Gasteiger partial charge in [0.15, 0.2) is 11.5 Å². The van der Waals surface area contributed by atoms with Gasteiger partial charge >= 0.3 is 0 Å². The molecule has 1 fully saturated rings. The summed E-state index contributed by atoms with van der Waals surface area (Å²) in [6.07, 6.45) is 3.69. The van der Waals surface area contributed by atoms with Crippen LogP contribution in [0.1, 0.15) is 11.4 Å². The van der Waals surface area contributed by atoms with Gasteiger partial charge in [-0.3, -0.25) is 4.90 Å². The lowest BCUT2D eigenvalue weighted by atomic mass is 10.1. The van der Waals surface area contributed by atoms with Crippen LogP contribution in [0.5, 0.6) is 17.2 Å². The maximum atomic E-state index is 13.5. The number of methoxy groups -OCH3 is 1. The van der Waals surface area contributed by atoms with Gasteiger partial charge in [0.2, 0.25) is 0 Å². The highest BCUT2D eigenvalue weighted by Crippen LogP contribution is 2.29.